The summed E-state index contributed by atoms with van der Waals surface area (Å²) in [4.78, 5) is 27.9. The molecule has 0 saturated carbocycles. The zero-order valence-corrected chi connectivity index (χ0v) is 19.4. The fraction of sp³-hybridized carbons (Fsp3) is 0.296. The first-order valence-electron chi connectivity index (χ1n) is 11.3. The van der Waals surface area contributed by atoms with Crippen LogP contribution in [-0.2, 0) is 13.0 Å². The Morgan fingerprint density at radius 3 is 2.85 bits per heavy atom. The molecule has 34 heavy (non-hydrogen) atoms. The van der Waals surface area contributed by atoms with Crippen molar-refractivity contribution in [3.8, 4) is 17.2 Å². The molecule has 2 heterocycles. The van der Waals surface area contributed by atoms with Crippen LogP contribution in [0.3, 0.4) is 0 Å². The second-order valence-corrected chi connectivity index (χ2v) is 8.54. The number of ether oxygens (including phenoxy) is 3. The first-order chi connectivity index (χ1) is 16.4. The lowest BCUT2D eigenvalue weighted by molar-refractivity contribution is 0.0931. The number of primary amides is 1. The molecule has 4 rings (SSSR count). The summed E-state index contributed by atoms with van der Waals surface area (Å²) in [5.41, 5.74) is 9.16. The molecule has 1 unspecified atom stereocenters. The maximum absolute atomic E-state index is 12.1. The number of carbonyl (C=O) groups is 2. The van der Waals surface area contributed by atoms with E-state index < -0.39 is 5.91 Å². The second-order valence-electron chi connectivity index (χ2n) is 8.54. The highest BCUT2D eigenvalue weighted by Crippen LogP contribution is 2.35. The van der Waals surface area contributed by atoms with E-state index in [9.17, 15) is 9.59 Å². The van der Waals surface area contributed by atoms with Crippen molar-refractivity contribution < 1.29 is 23.8 Å². The Bertz CT molecular complexity index is 1210. The van der Waals surface area contributed by atoms with Gasteiger partial charge in [0.25, 0.3) is 0 Å². The largest absolute Gasteiger partial charge is 0.493 e. The normalized spacial score (nSPS) is 13.5. The molecule has 0 radical (unpaired) electrons. The molecule has 0 fully saturated rings. The average molecular weight is 461 g/mol. The van der Waals surface area contributed by atoms with Crippen LogP contribution in [0, 0.1) is 12.8 Å². The van der Waals surface area contributed by atoms with Gasteiger partial charge in [0.1, 0.15) is 23.9 Å². The van der Waals surface area contributed by atoms with E-state index in [0.717, 1.165) is 23.2 Å². The highest BCUT2D eigenvalue weighted by atomic mass is 16.5. The lowest BCUT2D eigenvalue weighted by Gasteiger charge is -2.20. The van der Waals surface area contributed by atoms with Gasteiger partial charge in [-0.1, -0.05) is 13.0 Å². The van der Waals surface area contributed by atoms with Crippen LogP contribution in [0.2, 0.25) is 0 Å². The Morgan fingerprint density at radius 1 is 1.18 bits per heavy atom. The Balaban J connectivity index is 1.34. The highest BCUT2D eigenvalue weighted by Gasteiger charge is 2.22. The van der Waals surface area contributed by atoms with E-state index in [1.54, 1.807) is 36.5 Å². The summed E-state index contributed by atoms with van der Waals surface area (Å²) in [7, 11) is 0. The van der Waals surface area contributed by atoms with Crippen LogP contribution in [0.5, 0.6) is 17.2 Å². The Morgan fingerprint density at radius 2 is 2.03 bits per heavy atom. The highest BCUT2D eigenvalue weighted by molar-refractivity contribution is 6.00. The van der Waals surface area contributed by atoms with Gasteiger partial charge in [0.2, 0.25) is 5.91 Å². The van der Waals surface area contributed by atoms with Crippen LogP contribution in [0.1, 0.15) is 50.9 Å². The number of fused-ring (bicyclic) bond motifs is 1. The zero-order chi connectivity index (χ0) is 24.1. The number of pyridine rings is 1. The maximum Gasteiger partial charge on any atom is 0.248 e. The number of hydrogen-bond donors (Lipinski definition) is 1. The van der Waals surface area contributed by atoms with Gasteiger partial charge < -0.3 is 19.9 Å². The van der Waals surface area contributed by atoms with E-state index in [-0.39, 0.29) is 11.7 Å². The number of carbonyl (C=O) groups excluding carboxylic acids is 2. The Labute approximate surface area is 198 Å². The third-order valence-corrected chi connectivity index (χ3v) is 5.72. The molecule has 2 N–H and O–H groups in total. The molecule has 0 saturated heterocycles. The Hall–Kier alpha value is -3.87. The smallest absolute Gasteiger partial charge is 0.248 e. The van der Waals surface area contributed by atoms with Crippen molar-refractivity contribution in [1.29, 1.82) is 0 Å². The van der Waals surface area contributed by atoms with E-state index in [1.807, 2.05) is 25.1 Å². The summed E-state index contributed by atoms with van der Waals surface area (Å²) in [6.07, 6.45) is 2.92. The first-order valence-corrected chi connectivity index (χ1v) is 11.3. The summed E-state index contributed by atoms with van der Waals surface area (Å²) < 4.78 is 17.6. The molecule has 0 spiro atoms. The lowest BCUT2D eigenvalue weighted by atomic mass is 10.0. The molecule has 3 aromatic rings. The minimum atomic E-state index is -0.478. The summed E-state index contributed by atoms with van der Waals surface area (Å²) in [6.45, 7) is 5.26. The molecule has 2 aromatic carbocycles. The molecule has 1 aliphatic rings. The van der Waals surface area contributed by atoms with Gasteiger partial charge in [-0.3, -0.25) is 14.6 Å². The van der Waals surface area contributed by atoms with Gasteiger partial charge in [-0.25, -0.2) is 0 Å². The van der Waals surface area contributed by atoms with Crippen LogP contribution in [0.4, 0.5) is 0 Å². The number of benzene rings is 2. The van der Waals surface area contributed by atoms with Crippen molar-refractivity contribution in [3.05, 3.63) is 82.7 Å². The number of nitrogens with two attached hydrogens (primary N) is 1. The van der Waals surface area contributed by atoms with Crippen molar-refractivity contribution in [3.63, 3.8) is 0 Å². The third kappa shape index (κ3) is 5.54. The molecule has 1 aliphatic heterocycles. The summed E-state index contributed by atoms with van der Waals surface area (Å²) >= 11 is 0. The van der Waals surface area contributed by atoms with E-state index in [0.29, 0.717) is 54.6 Å². The Kier molecular flexibility index (Phi) is 7.11. The van der Waals surface area contributed by atoms with Crippen LogP contribution in [0.15, 0.2) is 54.7 Å². The van der Waals surface area contributed by atoms with Crippen molar-refractivity contribution in [2.45, 2.75) is 33.3 Å². The number of ketones is 1. The van der Waals surface area contributed by atoms with Gasteiger partial charge in [0, 0.05) is 29.4 Å². The summed E-state index contributed by atoms with van der Waals surface area (Å²) in [6, 6.07) is 14.4. The maximum atomic E-state index is 12.1. The monoisotopic (exact) mass is 460 g/mol. The molecule has 1 atom stereocenters. The van der Waals surface area contributed by atoms with Gasteiger partial charge in [-0.05, 0) is 67.3 Å². The number of rotatable bonds is 9. The van der Waals surface area contributed by atoms with Gasteiger partial charge in [-0.15, -0.1) is 0 Å². The number of aromatic nitrogens is 1. The minimum absolute atomic E-state index is 0.105. The molecule has 7 nitrogen and oxygen atoms in total. The molecule has 1 aromatic heterocycles. The van der Waals surface area contributed by atoms with Crippen molar-refractivity contribution in [1.82, 2.24) is 4.98 Å². The summed E-state index contributed by atoms with van der Waals surface area (Å²) in [5.74, 6) is 1.77. The van der Waals surface area contributed by atoms with E-state index in [1.165, 1.54) is 0 Å². The van der Waals surface area contributed by atoms with Gasteiger partial charge in [0.05, 0.1) is 18.8 Å². The van der Waals surface area contributed by atoms with E-state index >= 15 is 0 Å². The van der Waals surface area contributed by atoms with E-state index in [4.69, 9.17) is 19.9 Å². The van der Waals surface area contributed by atoms with Crippen molar-refractivity contribution in [2.75, 3.05) is 13.2 Å². The minimum Gasteiger partial charge on any atom is -0.493 e. The molecule has 1 amide bonds. The lowest BCUT2D eigenvalue weighted by Crippen LogP contribution is -2.16. The number of hydrogen-bond acceptors (Lipinski definition) is 6. The average Bonchev–Trinajstić information content (AvgIpc) is 2.83. The SMILES string of the molecule is Cc1c(OCc2ccnc(CC(C)COc3cccc(C(N)=O)c3)c2)ccc2c1OCCC2=O. The summed E-state index contributed by atoms with van der Waals surface area (Å²) in [5, 5.41) is 0. The first kappa shape index (κ1) is 23.3. The predicted molar refractivity (Wildman–Crippen MR) is 128 cm³/mol. The number of Topliss-reactive ketones (excluding diaryl/α,β-unsaturated/α-hetero) is 1. The fourth-order valence-electron chi connectivity index (χ4n) is 3.90. The molecule has 0 bridgehead atoms. The van der Waals surface area contributed by atoms with Crippen LogP contribution < -0.4 is 19.9 Å². The molecular weight excluding hydrogens is 432 g/mol. The topological polar surface area (TPSA) is 101 Å². The molecule has 7 heteroatoms. The van der Waals surface area contributed by atoms with Crippen LogP contribution in [0.25, 0.3) is 0 Å². The molecule has 0 aliphatic carbocycles. The quantitative estimate of drug-likeness (QED) is 0.511. The van der Waals surface area contributed by atoms with Crippen molar-refractivity contribution >= 4 is 11.7 Å². The molecular formula is C27H28N2O5. The molecule has 176 valence electrons. The third-order valence-electron chi connectivity index (χ3n) is 5.72. The standard InChI is InChI=1S/C27H28N2O5/c1-17(15-33-22-5-3-4-20(14-22)27(28)31)12-21-13-19(8-10-29-21)16-34-25-7-6-23-24(30)9-11-32-26(23)18(25)2/h3-8,10,13-14,17H,9,11-12,15-16H2,1-2H3,(H2,28,31). The van der Waals surface area contributed by atoms with E-state index in [2.05, 4.69) is 11.9 Å². The van der Waals surface area contributed by atoms with Gasteiger partial charge in [-0.2, -0.15) is 0 Å². The second kappa shape index (κ2) is 10.4. The van der Waals surface area contributed by atoms with Crippen LogP contribution in [-0.4, -0.2) is 29.9 Å². The van der Waals surface area contributed by atoms with Gasteiger partial charge in [0.15, 0.2) is 5.78 Å². The van der Waals surface area contributed by atoms with Crippen molar-refractivity contribution in [2.24, 2.45) is 11.7 Å². The fourth-order valence-corrected chi connectivity index (χ4v) is 3.90. The predicted octanol–water partition coefficient (Wildman–Crippen LogP) is 4.29. The van der Waals surface area contributed by atoms with Crippen LogP contribution >= 0.6 is 0 Å². The number of amides is 1. The number of nitrogens with zero attached hydrogens (tertiary/aromatic N) is 1. The zero-order valence-electron chi connectivity index (χ0n) is 19.4. The van der Waals surface area contributed by atoms with Gasteiger partial charge >= 0.3 is 0 Å².